The van der Waals surface area contributed by atoms with Gasteiger partial charge in [-0.15, -0.1) is 0 Å². The molecule has 1 unspecified atom stereocenters. The van der Waals surface area contributed by atoms with E-state index in [4.69, 9.17) is 0 Å². The van der Waals surface area contributed by atoms with Crippen LogP contribution in [-0.2, 0) is 19.2 Å². The van der Waals surface area contributed by atoms with E-state index in [1.165, 1.54) is 9.80 Å². The molecule has 8 nitrogen and oxygen atoms in total. The number of hydrogen-bond acceptors (Lipinski definition) is 6. The van der Waals surface area contributed by atoms with Gasteiger partial charge in [0, 0.05) is 29.9 Å². The second-order valence-corrected chi connectivity index (χ2v) is 13.0. The van der Waals surface area contributed by atoms with Crippen molar-refractivity contribution in [1.82, 2.24) is 20.4 Å². The first-order valence-electron chi connectivity index (χ1n) is 16.5. The molecule has 1 aliphatic heterocycles. The van der Waals surface area contributed by atoms with Gasteiger partial charge in [-0.05, 0) is 51.4 Å². The number of carbonyl (C=O) groups excluding carboxylic acids is 4. The molecule has 0 aromatic carbocycles. The second kappa shape index (κ2) is 14.0. The molecule has 0 aromatic heterocycles. The van der Waals surface area contributed by atoms with E-state index in [0.717, 1.165) is 128 Å². The second-order valence-electron chi connectivity index (χ2n) is 13.0. The molecule has 4 amide bonds. The smallest absolute Gasteiger partial charge is 0.238 e. The highest BCUT2D eigenvalue weighted by Crippen LogP contribution is 2.33. The van der Waals surface area contributed by atoms with Crippen LogP contribution in [0.5, 0.6) is 0 Å². The summed E-state index contributed by atoms with van der Waals surface area (Å²) in [5.74, 6) is -0.607. The van der Waals surface area contributed by atoms with Crippen molar-refractivity contribution in [2.24, 2.45) is 23.7 Å². The van der Waals surface area contributed by atoms with Gasteiger partial charge >= 0.3 is 0 Å². The van der Waals surface area contributed by atoms with E-state index < -0.39 is 6.17 Å². The summed E-state index contributed by atoms with van der Waals surface area (Å²) in [5.41, 5.74) is 0. The molecule has 0 radical (unpaired) electrons. The van der Waals surface area contributed by atoms with Crippen LogP contribution in [-0.4, -0.2) is 46.1 Å². The summed E-state index contributed by atoms with van der Waals surface area (Å²) in [7, 11) is 0. The Morgan fingerprint density at radius 3 is 1.25 bits per heavy atom. The molecule has 4 aliphatic carbocycles. The number of amides is 4. The quantitative estimate of drug-likeness (QED) is 0.430. The largest absolute Gasteiger partial charge is 0.384 e. The van der Waals surface area contributed by atoms with Crippen LogP contribution in [0.15, 0.2) is 12.0 Å². The molecule has 40 heavy (non-hydrogen) atoms. The minimum atomic E-state index is -0.621. The highest BCUT2D eigenvalue weighted by Gasteiger charge is 2.42. The third-order valence-electron chi connectivity index (χ3n) is 10.2. The maximum absolute atomic E-state index is 14.0. The SMILES string of the molecule is O=C(C1CCCCC1)N(C(=O)C1CCCCC1)C1=CNCC(N(C(=O)C2CCCCC2)C(=O)C2CCCCC2)N1. The van der Waals surface area contributed by atoms with Crippen LogP contribution < -0.4 is 10.6 Å². The zero-order valence-electron chi connectivity index (χ0n) is 24.3. The first kappa shape index (κ1) is 29.1. The molecule has 0 bridgehead atoms. The molecule has 1 atom stereocenters. The molecular weight excluding hydrogens is 504 g/mol. The van der Waals surface area contributed by atoms with Crippen LogP contribution >= 0.6 is 0 Å². The molecule has 8 heteroatoms. The maximum Gasteiger partial charge on any atom is 0.238 e. The van der Waals surface area contributed by atoms with Gasteiger partial charge in [-0.25, -0.2) is 4.90 Å². The Labute approximate surface area is 240 Å². The van der Waals surface area contributed by atoms with Crippen molar-refractivity contribution in [3.05, 3.63) is 12.0 Å². The van der Waals surface area contributed by atoms with Crippen molar-refractivity contribution in [2.75, 3.05) is 6.54 Å². The predicted molar refractivity (Wildman–Crippen MR) is 153 cm³/mol. The molecule has 5 rings (SSSR count). The van der Waals surface area contributed by atoms with Gasteiger partial charge in [-0.2, -0.15) is 0 Å². The normalized spacial score (nSPS) is 25.7. The van der Waals surface area contributed by atoms with Crippen LogP contribution in [0, 0.1) is 23.7 Å². The summed E-state index contributed by atoms with van der Waals surface area (Å²) in [6, 6.07) is 0. The lowest BCUT2D eigenvalue weighted by Gasteiger charge is -2.41. The van der Waals surface area contributed by atoms with Gasteiger partial charge in [0.05, 0.1) is 6.54 Å². The molecule has 1 heterocycles. The lowest BCUT2D eigenvalue weighted by Crippen LogP contribution is -2.62. The van der Waals surface area contributed by atoms with Crippen molar-refractivity contribution >= 4 is 23.6 Å². The summed E-state index contributed by atoms with van der Waals surface area (Å²) in [6.07, 6.45) is 20.3. The van der Waals surface area contributed by atoms with Gasteiger partial charge in [0.2, 0.25) is 23.6 Å². The molecule has 0 spiro atoms. The first-order valence-corrected chi connectivity index (χ1v) is 16.5. The van der Waals surface area contributed by atoms with Gasteiger partial charge < -0.3 is 10.6 Å². The average Bonchev–Trinajstić information content (AvgIpc) is 3.03. The summed E-state index contributed by atoms with van der Waals surface area (Å²) < 4.78 is 0. The first-order chi connectivity index (χ1) is 19.5. The van der Waals surface area contributed by atoms with E-state index in [1.807, 2.05) is 0 Å². The van der Waals surface area contributed by atoms with Gasteiger partial charge in [0.1, 0.15) is 12.0 Å². The Hall–Kier alpha value is -2.38. The van der Waals surface area contributed by atoms with Crippen molar-refractivity contribution < 1.29 is 19.2 Å². The summed E-state index contributed by atoms with van der Waals surface area (Å²) in [6.45, 7) is 0.365. The zero-order valence-corrected chi connectivity index (χ0v) is 24.3. The highest BCUT2D eigenvalue weighted by molar-refractivity contribution is 6.00. The van der Waals surface area contributed by atoms with E-state index in [2.05, 4.69) is 10.6 Å². The zero-order chi connectivity index (χ0) is 27.9. The Balaban J connectivity index is 1.40. The third kappa shape index (κ3) is 6.73. The number of nitrogens with zero attached hydrogens (tertiary/aromatic N) is 2. The van der Waals surface area contributed by atoms with Crippen LogP contribution in [0.25, 0.3) is 0 Å². The van der Waals surface area contributed by atoms with Gasteiger partial charge in [-0.3, -0.25) is 24.1 Å². The molecule has 2 N–H and O–H groups in total. The van der Waals surface area contributed by atoms with Crippen molar-refractivity contribution in [3.8, 4) is 0 Å². The monoisotopic (exact) mass is 554 g/mol. The number of imide groups is 2. The standard InChI is InChI=1S/C32H50N4O4/c37-29(23-13-5-1-6-14-23)35(30(38)24-15-7-2-8-16-24)27-21-33-22-28(34-27)36(31(39)25-17-9-3-10-18-25)32(40)26-19-11-4-12-20-26/h21,23-26,28,33-34H,1-20,22H2. The van der Waals surface area contributed by atoms with E-state index in [-0.39, 0.29) is 47.3 Å². The molecule has 0 aromatic rings. The maximum atomic E-state index is 14.0. The number of rotatable bonds is 6. The molecule has 4 fully saturated rings. The lowest BCUT2D eigenvalue weighted by atomic mass is 9.85. The number of nitrogens with one attached hydrogen (secondary N) is 2. The Kier molecular flexibility index (Phi) is 10.2. The van der Waals surface area contributed by atoms with Crippen LogP contribution in [0.2, 0.25) is 0 Å². The highest BCUT2D eigenvalue weighted by atomic mass is 16.2. The minimum Gasteiger partial charge on any atom is -0.384 e. The number of carbonyl (C=O) groups is 4. The Morgan fingerprint density at radius 2 is 0.875 bits per heavy atom. The van der Waals surface area contributed by atoms with E-state index in [0.29, 0.717) is 12.4 Å². The minimum absolute atomic E-state index is 0.0837. The van der Waals surface area contributed by atoms with Gasteiger partial charge in [0.25, 0.3) is 0 Å². The summed E-state index contributed by atoms with van der Waals surface area (Å²) in [4.78, 5) is 58.8. The molecule has 5 aliphatic rings. The van der Waals surface area contributed by atoms with Crippen LogP contribution in [0.4, 0.5) is 0 Å². The van der Waals surface area contributed by atoms with Crippen molar-refractivity contribution in [1.29, 1.82) is 0 Å². The fourth-order valence-corrected chi connectivity index (χ4v) is 7.73. The summed E-state index contributed by atoms with van der Waals surface area (Å²) >= 11 is 0. The lowest BCUT2D eigenvalue weighted by molar-refractivity contribution is -0.155. The molecule has 222 valence electrons. The van der Waals surface area contributed by atoms with E-state index >= 15 is 0 Å². The Morgan fingerprint density at radius 1 is 0.525 bits per heavy atom. The van der Waals surface area contributed by atoms with Gasteiger partial charge in [0.15, 0.2) is 0 Å². The van der Waals surface area contributed by atoms with Crippen molar-refractivity contribution in [3.63, 3.8) is 0 Å². The molecule has 4 saturated carbocycles. The predicted octanol–water partition coefficient (Wildman–Crippen LogP) is 5.34. The van der Waals surface area contributed by atoms with Crippen LogP contribution in [0.3, 0.4) is 0 Å². The molecular formula is C32H50N4O4. The average molecular weight is 555 g/mol. The number of hydrogen-bond donors (Lipinski definition) is 2. The topological polar surface area (TPSA) is 98.8 Å². The van der Waals surface area contributed by atoms with E-state index in [9.17, 15) is 19.2 Å². The van der Waals surface area contributed by atoms with Crippen molar-refractivity contribution in [2.45, 2.75) is 135 Å². The van der Waals surface area contributed by atoms with Crippen LogP contribution in [0.1, 0.15) is 128 Å². The fraction of sp³-hybridized carbons (Fsp3) is 0.812. The molecule has 0 saturated heterocycles. The van der Waals surface area contributed by atoms with Gasteiger partial charge in [-0.1, -0.05) is 77.0 Å². The van der Waals surface area contributed by atoms with E-state index in [1.54, 1.807) is 6.20 Å². The Bertz CT molecular complexity index is 881. The fourth-order valence-electron chi connectivity index (χ4n) is 7.73. The third-order valence-corrected chi connectivity index (χ3v) is 10.2. The summed E-state index contributed by atoms with van der Waals surface area (Å²) in [5, 5.41) is 6.66.